The molecule has 0 spiro atoms. The predicted octanol–water partition coefficient (Wildman–Crippen LogP) is 11.8. The molecule has 0 unspecified atom stereocenters. The Bertz CT molecular complexity index is 2670. The van der Waals surface area contributed by atoms with Gasteiger partial charge in [-0.15, -0.1) is 41.4 Å². The smallest absolute Gasteiger partial charge is 0.101 e. The Morgan fingerprint density at radius 2 is 1.30 bits per heavy atom. The Balaban J connectivity index is 0.00000413. The molecule has 272 valence electrons. The van der Waals surface area contributed by atoms with Gasteiger partial charge >= 0.3 is 0 Å². The molecule has 0 N–H and O–H groups in total. The summed E-state index contributed by atoms with van der Waals surface area (Å²) >= 11 is 0. The topological polar surface area (TPSA) is 29.2 Å². The van der Waals surface area contributed by atoms with E-state index in [1.807, 2.05) is 0 Å². The van der Waals surface area contributed by atoms with Crippen LogP contribution in [-0.2, 0) is 26.5 Å². The molecule has 5 nitrogen and oxygen atoms in total. The van der Waals surface area contributed by atoms with Crippen molar-refractivity contribution in [1.29, 1.82) is 0 Å². The van der Waals surface area contributed by atoms with Crippen molar-refractivity contribution in [3.8, 4) is 33.8 Å². The fourth-order valence-corrected chi connectivity index (χ4v) is 8.32. The first-order valence-electron chi connectivity index (χ1n) is 18.3. The zero-order chi connectivity index (χ0) is 36.6. The van der Waals surface area contributed by atoms with Crippen molar-refractivity contribution >= 4 is 38.9 Å². The van der Waals surface area contributed by atoms with Crippen LogP contribution in [-0.4, -0.2) is 21.4 Å². The first-order valence-corrected chi connectivity index (χ1v) is 18.3. The first kappa shape index (κ1) is 35.6. The maximum absolute atomic E-state index is 5.51. The average molecular weight is 884 g/mol. The van der Waals surface area contributed by atoms with Crippen LogP contribution in [0.1, 0.15) is 43.2 Å². The molecule has 0 bridgehead atoms. The Hall–Kier alpha value is -5.38. The number of hydrogen-bond acceptors (Lipinski definition) is 3. The second-order valence-electron chi connectivity index (χ2n) is 15.3. The van der Waals surface area contributed by atoms with Crippen LogP contribution < -0.4 is 9.80 Å². The van der Waals surface area contributed by atoms with Gasteiger partial charge in [0.2, 0.25) is 0 Å². The minimum absolute atomic E-state index is 0. The Morgan fingerprint density at radius 3 is 2.04 bits per heavy atom. The number of hydrogen-bond donors (Lipinski definition) is 0. The third-order valence-corrected chi connectivity index (χ3v) is 10.4. The van der Waals surface area contributed by atoms with E-state index < -0.39 is 0 Å². The van der Waals surface area contributed by atoms with Gasteiger partial charge in [-0.25, -0.2) is 0 Å². The van der Waals surface area contributed by atoms with E-state index in [1.54, 1.807) is 0 Å². The van der Waals surface area contributed by atoms with E-state index in [-0.39, 0.29) is 26.5 Å². The van der Waals surface area contributed by atoms with Crippen molar-refractivity contribution in [2.45, 2.75) is 47.0 Å². The van der Waals surface area contributed by atoms with Crippen molar-refractivity contribution in [2.24, 2.45) is 0 Å². The second kappa shape index (κ2) is 13.5. The van der Waals surface area contributed by atoms with E-state index in [1.165, 1.54) is 38.9 Å². The maximum Gasteiger partial charge on any atom is 0.101 e. The molecule has 1 aliphatic rings. The zero-order valence-electron chi connectivity index (χ0n) is 31.7. The summed E-state index contributed by atoms with van der Waals surface area (Å²) in [7, 11) is 2.09. The number of benzene rings is 6. The predicted molar refractivity (Wildman–Crippen MR) is 221 cm³/mol. The van der Waals surface area contributed by atoms with Gasteiger partial charge in [0.1, 0.15) is 5.69 Å². The van der Waals surface area contributed by atoms with Gasteiger partial charge in [0, 0.05) is 54.5 Å². The van der Waals surface area contributed by atoms with E-state index in [0.29, 0.717) is 0 Å². The van der Waals surface area contributed by atoms with Crippen molar-refractivity contribution in [1.82, 2.24) is 14.3 Å². The van der Waals surface area contributed by atoms with Gasteiger partial charge in [-0.3, -0.25) is 4.68 Å². The standard InChI is InChI=1S/C48H42N5.Pt/c1-31-26-32(2)44(33(3)27-31)45-46(34-16-9-8-10-17-34)49-53(47(45)48(4,5)6)37-24-25-39-38-20-11-12-21-40(38)52(43(39)29-37)36-19-15-18-35(28-36)51-30-50(7)41-22-13-14-23-42(41)51;/h8-27,30H,1-7H3;/q-3;. The van der Waals surface area contributed by atoms with E-state index in [0.717, 1.165) is 56.1 Å². The molecule has 6 heteroatoms. The molecule has 54 heavy (non-hydrogen) atoms. The SMILES string of the molecule is Cc1cc(C)c(-c2c(-c3ccccc3)nn(-c3[c-]c4c(cc3)c3ccccc3n4-c3[c-]c(N4[CH-]N(C)c5ccccc54)ccc3)c2C(C)(C)C)c(C)c1.[Pt]. The third kappa shape index (κ3) is 5.77. The minimum Gasteiger partial charge on any atom is -0.504 e. The van der Waals surface area contributed by atoms with Gasteiger partial charge in [-0.1, -0.05) is 110 Å². The number of anilines is 3. The number of rotatable bonds is 5. The summed E-state index contributed by atoms with van der Waals surface area (Å²) in [4.78, 5) is 4.37. The molecular weight excluding hydrogens is 842 g/mol. The molecule has 8 aromatic rings. The van der Waals surface area contributed by atoms with Crippen LogP contribution in [0.15, 0.2) is 121 Å². The van der Waals surface area contributed by atoms with Gasteiger partial charge in [0.05, 0.1) is 5.69 Å². The van der Waals surface area contributed by atoms with E-state index >= 15 is 0 Å². The largest absolute Gasteiger partial charge is 0.504 e. The summed E-state index contributed by atoms with van der Waals surface area (Å²) in [6.45, 7) is 15.6. The van der Waals surface area contributed by atoms with E-state index in [4.69, 9.17) is 5.10 Å². The molecule has 1 aliphatic heterocycles. The van der Waals surface area contributed by atoms with Gasteiger partial charge in [0.15, 0.2) is 0 Å². The molecule has 2 aromatic heterocycles. The number of nitrogens with zero attached hydrogens (tertiary/aromatic N) is 5. The number of para-hydroxylation sites is 3. The van der Waals surface area contributed by atoms with Crippen LogP contribution in [0.2, 0.25) is 0 Å². The summed E-state index contributed by atoms with van der Waals surface area (Å²) < 4.78 is 4.46. The molecule has 6 aromatic carbocycles. The number of aromatic nitrogens is 3. The normalized spacial score (nSPS) is 12.8. The second-order valence-corrected chi connectivity index (χ2v) is 15.3. The third-order valence-electron chi connectivity index (χ3n) is 10.4. The quantitative estimate of drug-likeness (QED) is 0.161. The van der Waals surface area contributed by atoms with Crippen molar-refractivity contribution < 1.29 is 21.1 Å². The van der Waals surface area contributed by atoms with Crippen LogP contribution in [0.3, 0.4) is 0 Å². The number of aryl methyl sites for hydroxylation is 3. The van der Waals surface area contributed by atoms with Crippen LogP contribution >= 0.6 is 0 Å². The van der Waals surface area contributed by atoms with Crippen molar-refractivity contribution in [3.05, 3.63) is 163 Å². The zero-order valence-corrected chi connectivity index (χ0v) is 33.9. The van der Waals surface area contributed by atoms with E-state index in [9.17, 15) is 0 Å². The maximum atomic E-state index is 5.51. The van der Waals surface area contributed by atoms with Crippen LogP contribution in [0.4, 0.5) is 17.1 Å². The fraction of sp³-hybridized carbons (Fsp3) is 0.167. The molecule has 0 saturated heterocycles. The Kier molecular flexibility index (Phi) is 8.90. The van der Waals surface area contributed by atoms with Gasteiger partial charge < -0.3 is 14.4 Å². The monoisotopic (exact) mass is 883 g/mol. The Labute approximate surface area is 332 Å². The summed E-state index contributed by atoms with van der Waals surface area (Å²) in [6, 6.07) is 50.8. The van der Waals surface area contributed by atoms with Crippen molar-refractivity contribution in [3.63, 3.8) is 0 Å². The fourth-order valence-electron chi connectivity index (χ4n) is 8.32. The van der Waals surface area contributed by atoms with Crippen LogP contribution in [0.5, 0.6) is 0 Å². The summed E-state index contributed by atoms with van der Waals surface area (Å²) in [5.74, 6) is 0. The Morgan fingerprint density at radius 1 is 0.630 bits per heavy atom. The average Bonchev–Trinajstić information content (AvgIpc) is 3.81. The molecule has 0 atom stereocenters. The number of fused-ring (bicyclic) bond motifs is 4. The molecule has 0 radical (unpaired) electrons. The minimum atomic E-state index is -0.244. The van der Waals surface area contributed by atoms with Crippen molar-refractivity contribution in [2.75, 3.05) is 16.8 Å². The van der Waals surface area contributed by atoms with Crippen LogP contribution in [0, 0.1) is 39.6 Å². The molecule has 9 rings (SSSR count). The molecular formula is C48H42N5Pt-3. The first-order chi connectivity index (χ1) is 25.6. The van der Waals surface area contributed by atoms with Gasteiger partial charge in [-0.2, -0.15) is 23.9 Å². The van der Waals surface area contributed by atoms with E-state index in [2.05, 4.69) is 208 Å². The van der Waals surface area contributed by atoms with Gasteiger partial charge in [-0.05, 0) is 73.8 Å². The molecule has 3 heterocycles. The molecule has 0 amide bonds. The molecule has 0 fully saturated rings. The van der Waals surface area contributed by atoms with Crippen LogP contribution in [0.25, 0.3) is 55.6 Å². The summed E-state index contributed by atoms with van der Waals surface area (Å²) in [6.07, 6.45) is 0. The summed E-state index contributed by atoms with van der Waals surface area (Å²) in [5, 5.41) is 7.82. The van der Waals surface area contributed by atoms with Gasteiger partial charge in [0.25, 0.3) is 0 Å². The summed E-state index contributed by atoms with van der Waals surface area (Å²) in [5.41, 5.74) is 16.4. The molecule has 0 aliphatic carbocycles. The molecule has 0 saturated carbocycles.